The van der Waals surface area contributed by atoms with Crippen molar-refractivity contribution in [3.8, 4) is 45.5 Å². The quantitative estimate of drug-likeness (QED) is 0.140. The normalized spacial score (nSPS) is 14.2. The van der Waals surface area contributed by atoms with Crippen molar-refractivity contribution in [2.24, 2.45) is 0 Å². The molecule has 1 aliphatic rings. The molecule has 1 aliphatic heterocycles. The summed E-state index contributed by atoms with van der Waals surface area (Å²) in [4.78, 5) is 48.0. The van der Waals surface area contributed by atoms with Crippen LogP contribution in [-0.4, -0.2) is 77.2 Å². The summed E-state index contributed by atoms with van der Waals surface area (Å²) in [6.45, 7) is 5.88. The van der Waals surface area contributed by atoms with Crippen LogP contribution in [0.25, 0.3) is 39.1 Å². The van der Waals surface area contributed by atoms with Gasteiger partial charge >= 0.3 is 6.09 Å². The van der Waals surface area contributed by atoms with Crippen molar-refractivity contribution in [1.82, 2.24) is 24.8 Å². The Labute approximate surface area is 306 Å². The number of hydrogen-bond donors (Lipinski definition) is 1. The van der Waals surface area contributed by atoms with Gasteiger partial charge in [-0.15, -0.1) is 0 Å². The van der Waals surface area contributed by atoms with E-state index >= 15 is 0 Å². The molecule has 1 atom stereocenters. The van der Waals surface area contributed by atoms with Crippen molar-refractivity contribution in [2.75, 3.05) is 27.9 Å². The van der Waals surface area contributed by atoms with Gasteiger partial charge in [0.1, 0.15) is 22.7 Å². The van der Waals surface area contributed by atoms with Crippen molar-refractivity contribution in [1.29, 1.82) is 0 Å². The van der Waals surface area contributed by atoms with Gasteiger partial charge < -0.3 is 33.7 Å². The van der Waals surface area contributed by atoms with Crippen LogP contribution in [0.4, 0.5) is 4.79 Å². The number of benzene rings is 2. The summed E-state index contributed by atoms with van der Waals surface area (Å²) in [5.41, 5.74) is 4.55. The Morgan fingerprint density at radius 1 is 1.02 bits per heavy atom. The Balaban J connectivity index is 1.34. The smallest absolute Gasteiger partial charge is 0.410 e. The molecule has 0 bridgehead atoms. The first kappa shape index (κ1) is 36.2. The molecule has 270 valence electrons. The van der Waals surface area contributed by atoms with E-state index in [1.807, 2.05) is 74.0 Å². The Morgan fingerprint density at radius 3 is 2.38 bits per heavy atom. The molecule has 1 fully saturated rings. The van der Waals surface area contributed by atoms with Gasteiger partial charge in [0.15, 0.2) is 6.29 Å². The molecule has 6 rings (SSSR count). The highest BCUT2D eigenvalue weighted by atomic mass is 35.5. The van der Waals surface area contributed by atoms with Crippen molar-refractivity contribution >= 4 is 40.9 Å². The van der Waals surface area contributed by atoms with Crippen LogP contribution in [0, 0.1) is 0 Å². The Kier molecular flexibility index (Phi) is 10.4. The summed E-state index contributed by atoms with van der Waals surface area (Å²) in [5.74, 6) is 1.06. The number of fused-ring (bicyclic) bond motifs is 1. The maximum absolute atomic E-state index is 13.3. The van der Waals surface area contributed by atoms with Gasteiger partial charge in [-0.2, -0.15) is 0 Å². The molecule has 3 aromatic heterocycles. The van der Waals surface area contributed by atoms with E-state index in [1.54, 1.807) is 23.2 Å². The number of hydrogen-bond acceptors (Lipinski definition) is 9. The highest BCUT2D eigenvalue weighted by molar-refractivity contribution is 6.36. The molecule has 0 unspecified atom stereocenters. The minimum absolute atomic E-state index is 0.0337. The van der Waals surface area contributed by atoms with Crippen molar-refractivity contribution in [2.45, 2.75) is 51.8 Å². The summed E-state index contributed by atoms with van der Waals surface area (Å²) in [5, 5.41) is 4.26. The summed E-state index contributed by atoms with van der Waals surface area (Å²) >= 11 is 7.17. The van der Waals surface area contributed by atoms with Crippen LogP contribution < -0.4 is 19.5 Å². The summed E-state index contributed by atoms with van der Waals surface area (Å²) in [6.07, 6.45) is 4.87. The average Bonchev–Trinajstić information content (AvgIpc) is 3.76. The van der Waals surface area contributed by atoms with E-state index in [0.717, 1.165) is 16.5 Å². The minimum atomic E-state index is -0.699. The van der Waals surface area contributed by atoms with E-state index in [9.17, 15) is 14.4 Å². The first-order valence-electron chi connectivity index (χ1n) is 16.7. The van der Waals surface area contributed by atoms with Gasteiger partial charge in [0.2, 0.25) is 11.8 Å². The first-order chi connectivity index (χ1) is 24.9. The number of aromatic nitrogens is 3. The van der Waals surface area contributed by atoms with E-state index in [4.69, 9.17) is 35.5 Å². The number of pyridine rings is 2. The predicted molar refractivity (Wildman–Crippen MR) is 198 cm³/mol. The van der Waals surface area contributed by atoms with Crippen molar-refractivity contribution < 1.29 is 33.3 Å². The molecule has 52 heavy (non-hydrogen) atoms. The van der Waals surface area contributed by atoms with E-state index in [0.29, 0.717) is 75.2 Å². The maximum Gasteiger partial charge on any atom is 0.410 e. The van der Waals surface area contributed by atoms with Crippen LogP contribution in [-0.2, 0) is 16.1 Å². The lowest BCUT2D eigenvalue weighted by Gasteiger charge is -2.29. The molecular formula is C39H40ClN5O7. The molecule has 0 spiro atoms. The van der Waals surface area contributed by atoms with Gasteiger partial charge in [-0.1, -0.05) is 29.8 Å². The molecule has 0 saturated carbocycles. The van der Waals surface area contributed by atoms with E-state index < -0.39 is 11.7 Å². The van der Waals surface area contributed by atoms with Crippen LogP contribution >= 0.6 is 11.6 Å². The molecule has 0 radical (unpaired) electrons. The number of carbonyl (C=O) groups is 3. The second-order valence-electron chi connectivity index (χ2n) is 13.4. The molecule has 13 heteroatoms. The molecule has 12 nitrogen and oxygen atoms in total. The lowest BCUT2D eigenvalue weighted by molar-refractivity contribution is -0.119. The lowest BCUT2D eigenvalue weighted by atomic mass is 9.99. The van der Waals surface area contributed by atoms with Gasteiger partial charge in [-0.3, -0.25) is 9.59 Å². The number of halogens is 1. The monoisotopic (exact) mass is 725 g/mol. The molecule has 5 aromatic rings. The summed E-state index contributed by atoms with van der Waals surface area (Å²) in [7, 11) is 4.53. The SMILES string of the molecule is COc1cc(-n2ccc3c(-c4cccc(-c5ccc(CN(C[C@@H]6CCC(=O)N6)C(=O)OC(C)(C)C)c(OC)n5)c4Cl)ccnc32)cc(OC)c1C=O. The fourth-order valence-electron chi connectivity index (χ4n) is 6.33. The zero-order valence-electron chi connectivity index (χ0n) is 29.9. The molecule has 4 heterocycles. The zero-order valence-corrected chi connectivity index (χ0v) is 30.6. The number of rotatable bonds is 11. The van der Waals surface area contributed by atoms with E-state index in [1.165, 1.54) is 21.3 Å². The number of aldehydes is 1. The molecule has 2 amide bonds. The van der Waals surface area contributed by atoms with Crippen LogP contribution in [0.5, 0.6) is 17.4 Å². The minimum Gasteiger partial charge on any atom is -0.496 e. The van der Waals surface area contributed by atoms with Crippen LogP contribution in [0.15, 0.2) is 67.0 Å². The van der Waals surface area contributed by atoms with E-state index in [2.05, 4.69) is 10.3 Å². The van der Waals surface area contributed by atoms with Gasteiger partial charge in [0.05, 0.1) is 49.8 Å². The maximum atomic E-state index is 13.3. The highest BCUT2D eigenvalue weighted by Crippen LogP contribution is 2.40. The number of methoxy groups -OCH3 is 3. The lowest BCUT2D eigenvalue weighted by Crippen LogP contribution is -2.43. The highest BCUT2D eigenvalue weighted by Gasteiger charge is 2.29. The third-order valence-electron chi connectivity index (χ3n) is 8.75. The zero-order chi connectivity index (χ0) is 37.2. The van der Waals surface area contributed by atoms with Crippen molar-refractivity contribution in [3.05, 3.63) is 83.1 Å². The summed E-state index contributed by atoms with van der Waals surface area (Å²) in [6, 6.07) is 16.6. The standard InChI is InChI=1S/C39H40ClN5O7/c1-39(2,3)52-38(48)44(21-24-11-13-34(47)42-24)20-23-10-12-31(43-37(23)51-6)29-9-7-8-27(35(29)40)26-14-16-41-36-28(26)15-17-45(36)25-18-32(49-4)30(22-46)33(19-25)50-5/h7-10,12,14-19,22,24H,11,13,20-21H2,1-6H3,(H,42,47)/t24-/m0/s1. The summed E-state index contributed by atoms with van der Waals surface area (Å²) < 4.78 is 24.3. The molecule has 1 saturated heterocycles. The van der Waals surface area contributed by atoms with Crippen LogP contribution in [0.1, 0.15) is 49.5 Å². The molecule has 0 aliphatic carbocycles. The first-order valence-corrected chi connectivity index (χ1v) is 17.1. The Bertz CT molecular complexity index is 2130. The van der Waals surface area contributed by atoms with Crippen LogP contribution in [0.3, 0.4) is 0 Å². The third-order valence-corrected chi connectivity index (χ3v) is 9.16. The fraction of sp³-hybridized carbons (Fsp3) is 0.308. The molecular weight excluding hydrogens is 686 g/mol. The average molecular weight is 726 g/mol. The number of ether oxygens (including phenoxy) is 4. The largest absolute Gasteiger partial charge is 0.496 e. The van der Waals surface area contributed by atoms with Gasteiger partial charge in [-0.25, -0.2) is 14.8 Å². The second-order valence-corrected chi connectivity index (χ2v) is 13.7. The third kappa shape index (κ3) is 7.38. The number of amides is 2. The molecule has 1 N–H and O–H groups in total. The van der Waals surface area contributed by atoms with Crippen LogP contribution in [0.2, 0.25) is 5.02 Å². The van der Waals surface area contributed by atoms with Gasteiger partial charge in [0, 0.05) is 65.6 Å². The second kappa shape index (κ2) is 14.9. The predicted octanol–water partition coefficient (Wildman–Crippen LogP) is 7.26. The number of nitrogens with one attached hydrogen (secondary N) is 1. The Morgan fingerprint density at radius 2 is 1.75 bits per heavy atom. The fourth-order valence-corrected chi connectivity index (χ4v) is 6.66. The topological polar surface area (TPSA) is 134 Å². The Hall–Kier alpha value is -5.62. The van der Waals surface area contributed by atoms with Crippen molar-refractivity contribution in [3.63, 3.8) is 0 Å². The number of carbonyl (C=O) groups excluding carboxylic acids is 3. The molecule has 2 aromatic carbocycles. The van der Waals surface area contributed by atoms with Gasteiger partial charge in [-0.05, 0) is 57.0 Å². The van der Waals surface area contributed by atoms with Gasteiger partial charge in [0.25, 0.3) is 0 Å². The van der Waals surface area contributed by atoms with E-state index in [-0.39, 0.29) is 25.0 Å². The number of nitrogens with zero attached hydrogens (tertiary/aromatic N) is 4.